The number of nitrogens with zero attached hydrogens (tertiary/aromatic N) is 4. The van der Waals surface area contributed by atoms with Crippen molar-refractivity contribution in [2.75, 3.05) is 0 Å². The number of hydrogen-bond donors (Lipinski definition) is 0. The van der Waals surface area contributed by atoms with Gasteiger partial charge in [0.1, 0.15) is 5.52 Å². The van der Waals surface area contributed by atoms with Crippen molar-refractivity contribution >= 4 is 17.2 Å². The minimum Gasteiger partial charge on any atom is -0.286 e. The van der Waals surface area contributed by atoms with Gasteiger partial charge in [0, 0.05) is 24.4 Å². The lowest BCUT2D eigenvalue weighted by Gasteiger charge is -2.10. The molecular weight excluding hydrogens is 336 g/mol. The van der Waals surface area contributed by atoms with Crippen molar-refractivity contribution in [2.24, 2.45) is 0 Å². The van der Waals surface area contributed by atoms with Gasteiger partial charge >= 0.3 is 0 Å². The van der Waals surface area contributed by atoms with Crippen molar-refractivity contribution in [2.45, 2.75) is 13.0 Å². The van der Waals surface area contributed by atoms with Crippen LogP contribution in [0.4, 0.5) is 0 Å². The molecule has 4 aromatic rings. The topological polar surface area (TPSA) is 60.7 Å². The molecule has 0 radical (unpaired) electrons. The Kier molecular flexibility index (Phi) is 3.64. The minimum absolute atomic E-state index is 0.157. The quantitative estimate of drug-likeness (QED) is 0.566. The summed E-state index contributed by atoms with van der Waals surface area (Å²) >= 11 is 0. The second-order valence-electron chi connectivity index (χ2n) is 6.60. The van der Waals surface area contributed by atoms with Gasteiger partial charge in [0.05, 0.1) is 18.4 Å². The molecule has 0 N–H and O–H groups in total. The highest BCUT2D eigenvalue weighted by molar-refractivity contribution is 5.71. The van der Waals surface area contributed by atoms with Crippen LogP contribution in [0.15, 0.2) is 71.9 Å². The lowest BCUT2D eigenvalue weighted by atomic mass is 10.0. The fourth-order valence-electron chi connectivity index (χ4n) is 3.46. The number of benzene rings is 1. The molecule has 0 saturated heterocycles. The Hall–Kier alpha value is -3.60. The van der Waals surface area contributed by atoms with E-state index < -0.39 is 0 Å². The molecule has 0 spiro atoms. The van der Waals surface area contributed by atoms with Crippen LogP contribution >= 0.6 is 0 Å². The molecule has 1 aliphatic carbocycles. The Morgan fingerprint density at radius 1 is 0.963 bits per heavy atom. The molecule has 1 aliphatic rings. The van der Waals surface area contributed by atoms with Gasteiger partial charge in [0.15, 0.2) is 5.65 Å². The summed E-state index contributed by atoms with van der Waals surface area (Å²) in [5.41, 5.74) is 6.64. The number of pyridine rings is 2. The zero-order chi connectivity index (χ0) is 18.2. The van der Waals surface area contributed by atoms with E-state index in [9.17, 15) is 4.79 Å². The summed E-state index contributed by atoms with van der Waals surface area (Å²) in [5.74, 6) is 0. The third-order valence-corrected chi connectivity index (χ3v) is 4.82. The molecule has 0 unspecified atom stereocenters. The lowest BCUT2D eigenvalue weighted by Crippen LogP contribution is -2.21. The minimum atomic E-state index is -0.157. The summed E-state index contributed by atoms with van der Waals surface area (Å²) in [6.07, 6.45) is 10.1. The first kappa shape index (κ1) is 15.6. The molecule has 0 amide bonds. The van der Waals surface area contributed by atoms with E-state index in [1.54, 1.807) is 10.8 Å². The normalized spacial score (nSPS) is 12.4. The van der Waals surface area contributed by atoms with Crippen LogP contribution in [0.25, 0.3) is 28.4 Å². The molecule has 0 atom stereocenters. The molecule has 0 fully saturated rings. The Bertz CT molecular complexity index is 1260. The first-order chi connectivity index (χ1) is 13.3. The van der Waals surface area contributed by atoms with E-state index in [4.69, 9.17) is 0 Å². The van der Waals surface area contributed by atoms with Crippen molar-refractivity contribution < 1.29 is 0 Å². The van der Waals surface area contributed by atoms with E-state index in [0.717, 1.165) is 28.8 Å². The fraction of sp³-hybridized carbons (Fsp3) is 0.0909. The highest BCUT2D eigenvalue weighted by Crippen LogP contribution is 2.25. The van der Waals surface area contributed by atoms with Gasteiger partial charge in [0.25, 0.3) is 5.56 Å². The number of allylic oxidation sites excluding steroid dienone is 1. The van der Waals surface area contributed by atoms with Gasteiger partial charge in [0.2, 0.25) is 0 Å². The maximum atomic E-state index is 12.4. The number of rotatable bonds is 3. The lowest BCUT2D eigenvalue weighted by molar-refractivity contribution is 0.775. The molecule has 5 nitrogen and oxygen atoms in total. The maximum absolute atomic E-state index is 12.4. The molecule has 3 heterocycles. The Balaban J connectivity index is 1.55. The number of aromatic nitrogens is 4. The van der Waals surface area contributed by atoms with Crippen LogP contribution in [-0.2, 0) is 13.0 Å². The summed E-state index contributed by atoms with van der Waals surface area (Å²) in [5, 5.41) is 0. The average molecular weight is 352 g/mol. The molecule has 27 heavy (non-hydrogen) atoms. The zero-order valence-corrected chi connectivity index (χ0v) is 14.5. The predicted octanol–water partition coefficient (Wildman–Crippen LogP) is 3.47. The van der Waals surface area contributed by atoms with Crippen LogP contribution in [0.3, 0.4) is 0 Å². The summed E-state index contributed by atoms with van der Waals surface area (Å²) in [6.45, 7) is 0.445. The van der Waals surface area contributed by atoms with Crippen molar-refractivity contribution in [3.8, 4) is 11.1 Å². The smallest absolute Gasteiger partial charge is 0.270 e. The molecule has 3 aromatic heterocycles. The molecule has 0 bridgehead atoms. The second-order valence-corrected chi connectivity index (χ2v) is 6.60. The van der Waals surface area contributed by atoms with Crippen LogP contribution in [0, 0.1) is 0 Å². The van der Waals surface area contributed by atoms with Gasteiger partial charge in [-0.05, 0) is 41.0 Å². The van der Waals surface area contributed by atoms with Crippen LogP contribution in [0.2, 0.25) is 0 Å². The van der Waals surface area contributed by atoms with E-state index in [0.29, 0.717) is 17.7 Å². The largest absolute Gasteiger partial charge is 0.286 e. The van der Waals surface area contributed by atoms with Crippen molar-refractivity contribution in [3.63, 3.8) is 0 Å². The highest BCUT2D eigenvalue weighted by Gasteiger charge is 2.10. The first-order valence-corrected chi connectivity index (χ1v) is 8.83. The number of hydrogen-bond acceptors (Lipinski definition) is 4. The molecule has 1 aromatic carbocycles. The third kappa shape index (κ3) is 2.83. The molecule has 5 rings (SSSR count). The van der Waals surface area contributed by atoms with Crippen LogP contribution in [-0.4, -0.2) is 19.5 Å². The molecule has 130 valence electrons. The van der Waals surface area contributed by atoms with Gasteiger partial charge in [-0.2, -0.15) is 0 Å². The van der Waals surface area contributed by atoms with Crippen LogP contribution in [0.5, 0.6) is 0 Å². The Labute approximate surface area is 155 Å². The van der Waals surface area contributed by atoms with Crippen LogP contribution in [0.1, 0.15) is 16.8 Å². The SMILES string of the molecule is O=c1cnc2cccnc2n1Cc1cccc(-c2cnc3c(c2)C=CC3)c1. The standard InChI is InChI=1S/C22H16N4O/c27-21-13-25-20-8-3-9-23-22(20)26(21)14-15-4-1-5-16(10-15)18-11-17-6-2-7-19(17)24-12-18/h1-6,8-13H,7,14H2. The summed E-state index contributed by atoms with van der Waals surface area (Å²) in [7, 11) is 0. The highest BCUT2D eigenvalue weighted by atomic mass is 16.1. The van der Waals surface area contributed by atoms with E-state index >= 15 is 0 Å². The average Bonchev–Trinajstić information content (AvgIpc) is 3.18. The third-order valence-electron chi connectivity index (χ3n) is 4.82. The van der Waals surface area contributed by atoms with E-state index in [2.05, 4.69) is 45.3 Å². The number of fused-ring (bicyclic) bond motifs is 2. The summed E-state index contributed by atoms with van der Waals surface area (Å²) in [6, 6.07) is 14.0. The van der Waals surface area contributed by atoms with Gasteiger partial charge < -0.3 is 0 Å². The molecule has 0 saturated carbocycles. The Morgan fingerprint density at radius 3 is 2.89 bits per heavy atom. The van der Waals surface area contributed by atoms with Gasteiger partial charge in [-0.15, -0.1) is 0 Å². The molecule has 0 aliphatic heterocycles. The van der Waals surface area contributed by atoms with Crippen LogP contribution < -0.4 is 5.56 Å². The summed E-state index contributed by atoms with van der Waals surface area (Å²) in [4.78, 5) is 25.4. The summed E-state index contributed by atoms with van der Waals surface area (Å²) < 4.78 is 1.66. The monoisotopic (exact) mass is 352 g/mol. The predicted molar refractivity (Wildman–Crippen MR) is 105 cm³/mol. The van der Waals surface area contributed by atoms with E-state index in [1.807, 2.05) is 30.5 Å². The van der Waals surface area contributed by atoms with Gasteiger partial charge in [-0.25, -0.2) is 9.97 Å². The van der Waals surface area contributed by atoms with Crippen molar-refractivity contribution in [1.29, 1.82) is 0 Å². The maximum Gasteiger partial charge on any atom is 0.270 e. The van der Waals surface area contributed by atoms with E-state index in [-0.39, 0.29) is 5.56 Å². The van der Waals surface area contributed by atoms with Gasteiger partial charge in [-0.3, -0.25) is 14.3 Å². The molecule has 5 heteroatoms. The Morgan fingerprint density at radius 2 is 1.93 bits per heavy atom. The van der Waals surface area contributed by atoms with Crippen molar-refractivity contribution in [1.82, 2.24) is 19.5 Å². The molecular formula is C22H16N4O. The first-order valence-electron chi connectivity index (χ1n) is 8.83. The fourth-order valence-corrected chi connectivity index (χ4v) is 3.46. The second kappa shape index (κ2) is 6.29. The van der Waals surface area contributed by atoms with E-state index in [1.165, 1.54) is 11.8 Å². The van der Waals surface area contributed by atoms with Crippen molar-refractivity contribution in [3.05, 3.63) is 94.3 Å². The van der Waals surface area contributed by atoms with Gasteiger partial charge in [-0.1, -0.05) is 30.4 Å². The zero-order valence-electron chi connectivity index (χ0n) is 14.5.